The Labute approximate surface area is 271 Å². The van der Waals surface area contributed by atoms with Crippen LogP contribution >= 0.6 is 0 Å². The van der Waals surface area contributed by atoms with Crippen molar-refractivity contribution in [1.82, 2.24) is 15.2 Å². The lowest BCUT2D eigenvalue weighted by Gasteiger charge is -2.39. The van der Waals surface area contributed by atoms with Crippen LogP contribution < -0.4 is 5.32 Å². The molecule has 2 fully saturated rings. The molecule has 4 aromatic rings. The van der Waals surface area contributed by atoms with E-state index in [9.17, 15) is 9.90 Å². The van der Waals surface area contributed by atoms with E-state index in [4.69, 9.17) is 9.47 Å². The van der Waals surface area contributed by atoms with Crippen LogP contribution in [0.3, 0.4) is 0 Å². The summed E-state index contributed by atoms with van der Waals surface area (Å²) in [6.45, 7) is 6.17. The van der Waals surface area contributed by atoms with E-state index in [2.05, 4.69) is 70.3 Å². The molecular weight excluding hydrogens is 574 g/mol. The first kappa shape index (κ1) is 31.8. The van der Waals surface area contributed by atoms with Crippen molar-refractivity contribution in [3.8, 4) is 11.1 Å². The lowest BCUT2D eigenvalue weighted by atomic mass is 9.98. The van der Waals surface area contributed by atoms with Gasteiger partial charge in [-0.25, -0.2) is 0 Å². The molecular formula is C39H43N3O4. The number of hydrogen-bond donors (Lipinski definition) is 2. The van der Waals surface area contributed by atoms with Gasteiger partial charge in [0.25, 0.3) is 5.91 Å². The molecule has 0 spiro atoms. The van der Waals surface area contributed by atoms with Gasteiger partial charge in [-0.2, -0.15) is 0 Å². The van der Waals surface area contributed by atoms with Crippen LogP contribution in [0, 0.1) is 0 Å². The van der Waals surface area contributed by atoms with Crippen LogP contribution in [0.5, 0.6) is 0 Å². The molecule has 2 aliphatic rings. The summed E-state index contributed by atoms with van der Waals surface area (Å²) in [5.74, 6) is -0.146. The van der Waals surface area contributed by atoms with Crippen LogP contribution in [-0.4, -0.2) is 46.1 Å². The highest BCUT2D eigenvalue weighted by Crippen LogP contribution is 2.39. The van der Waals surface area contributed by atoms with E-state index in [1.807, 2.05) is 30.3 Å². The van der Waals surface area contributed by atoms with Gasteiger partial charge in [-0.05, 0) is 58.9 Å². The number of carbonyl (C=O) groups is 1. The van der Waals surface area contributed by atoms with Gasteiger partial charge < -0.3 is 19.9 Å². The number of nitrogens with one attached hydrogen (secondary N) is 1. The van der Waals surface area contributed by atoms with Crippen molar-refractivity contribution < 1.29 is 19.4 Å². The first-order valence-corrected chi connectivity index (χ1v) is 16.3. The molecule has 7 heteroatoms. The van der Waals surface area contributed by atoms with Crippen LogP contribution in [0.2, 0.25) is 0 Å². The Morgan fingerprint density at radius 2 is 1.72 bits per heavy atom. The minimum Gasteiger partial charge on any atom is -0.392 e. The summed E-state index contributed by atoms with van der Waals surface area (Å²) >= 11 is 0. The molecule has 0 radical (unpaired) electrons. The van der Waals surface area contributed by atoms with Crippen molar-refractivity contribution in [1.29, 1.82) is 0 Å². The Bertz CT molecular complexity index is 1570. The number of amides is 1. The van der Waals surface area contributed by atoms with Gasteiger partial charge in [-0.1, -0.05) is 85.6 Å². The molecule has 1 aliphatic carbocycles. The molecule has 1 saturated carbocycles. The number of aromatic nitrogens is 1. The highest BCUT2D eigenvalue weighted by molar-refractivity contribution is 5.93. The van der Waals surface area contributed by atoms with E-state index in [1.165, 1.54) is 25.7 Å². The van der Waals surface area contributed by atoms with Gasteiger partial charge in [-0.3, -0.25) is 14.7 Å². The van der Waals surface area contributed by atoms with Crippen molar-refractivity contribution in [2.75, 3.05) is 13.1 Å². The van der Waals surface area contributed by atoms with Crippen LogP contribution in [0.15, 0.2) is 110 Å². The molecule has 3 atom stereocenters. The fraction of sp³-hybridized carbons (Fsp3) is 0.333. The van der Waals surface area contributed by atoms with E-state index >= 15 is 0 Å². The van der Waals surface area contributed by atoms with Crippen molar-refractivity contribution >= 4 is 5.91 Å². The third-order valence-corrected chi connectivity index (χ3v) is 9.08. The number of hydrogen-bond acceptors (Lipinski definition) is 6. The SMILES string of the molecule is C=CCN(CC1CC(c2ccc(CO)cc2)OC(c2ccc(-c3cccc(CNC(=O)c4cccnc4)c3)cc2)O1)C1CCCC1. The number of aliphatic hydroxyl groups excluding tert-OH is 1. The number of carbonyl (C=O) groups excluding carboxylic acids is 1. The normalized spacial score (nSPS) is 20.1. The smallest absolute Gasteiger partial charge is 0.253 e. The van der Waals surface area contributed by atoms with Crippen LogP contribution in [0.1, 0.15) is 77.1 Å². The maximum Gasteiger partial charge on any atom is 0.253 e. The number of ether oxygens (including phenoxy) is 2. The zero-order valence-corrected chi connectivity index (χ0v) is 26.3. The number of nitrogens with zero attached hydrogens (tertiary/aromatic N) is 2. The molecule has 2 N–H and O–H groups in total. The fourth-order valence-electron chi connectivity index (χ4n) is 6.58. The second-order valence-electron chi connectivity index (χ2n) is 12.3. The minimum atomic E-state index is -0.501. The summed E-state index contributed by atoms with van der Waals surface area (Å²) in [4.78, 5) is 19.1. The van der Waals surface area contributed by atoms with Gasteiger partial charge in [0.15, 0.2) is 6.29 Å². The molecule has 1 saturated heterocycles. The third kappa shape index (κ3) is 7.98. The second-order valence-corrected chi connectivity index (χ2v) is 12.3. The average Bonchev–Trinajstić information content (AvgIpc) is 3.66. The quantitative estimate of drug-likeness (QED) is 0.164. The standard InChI is InChI=1S/C39H43N3O4/c1-2-21-42(35-10-3-4-11-35)26-36-23-37(31-14-12-28(27-43)13-15-31)46-39(45-36)32-18-16-30(17-19-32)33-8-5-7-29(22-33)24-41-38(44)34-9-6-20-40-25-34/h2,5-9,12-20,22,25,35-37,39,43H,1,3-4,10-11,21,23-24,26-27H2,(H,41,44). The molecule has 1 aliphatic heterocycles. The van der Waals surface area contributed by atoms with E-state index in [0.717, 1.165) is 52.9 Å². The van der Waals surface area contributed by atoms with E-state index in [1.54, 1.807) is 24.5 Å². The van der Waals surface area contributed by atoms with E-state index in [0.29, 0.717) is 18.2 Å². The molecule has 3 unspecified atom stereocenters. The number of rotatable bonds is 12. The summed E-state index contributed by atoms with van der Waals surface area (Å²) in [5.41, 5.74) is 6.66. The first-order chi connectivity index (χ1) is 22.6. The lowest BCUT2D eigenvalue weighted by molar-refractivity contribution is -0.253. The maximum absolute atomic E-state index is 12.5. The summed E-state index contributed by atoms with van der Waals surface area (Å²) in [5, 5.41) is 12.5. The van der Waals surface area contributed by atoms with Gasteiger partial charge in [0.05, 0.1) is 24.4 Å². The number of aliphatic hydroxyl groups is 1. The van der Waals surface area contributed by atoms with Gasteiger partial charge in [0.1, 0.15) is 0 Å². The number of benzene rings is 3. The Morgan fingerprint density at radius 1 is 0.935 bits per heavy atom. The molecule has 1 aromatic heterocycles. The van der Waals surface area contributed by atoms with Crippen molar-refractivity contribution in [2.24, 2.45) is 0 Å². The highest BCUT2D eigenvalue weighted by Gasteiger charge is 2.34. The van der Waals surface area contributed by atoms with Crippen molar-refractivity contribution in [3.63, 3.8) is 0 Å². The van der Waals surface area contributed by atoms with Gasteiger partial charge in [-0.15, -0.1) is 6.58 Å². The topological polar surface area (TPSA) is 83.9 Å². The van der Waals surface area contributed by atoms with Crippen LogP contribution in [0.25, 0.3) is 11.1 Å². The average molecular weight is 618 g/mol. The molecule has 238 valence electrons. The Morgan fingerprint density at radius 3 is 2.43 bits per heavy atom. The predicted molar refractivity (Wildman–Crippen MR) is 180 cm³/mol. The van der Waals surface area contributed by atoms with Gasteiger partial charge >= 0.3 is 0 Å². The Balaban J connectivity index is 1.17. The largest absolute Gasteiger partial charge is 0.392 e. The molecule has 6 rings (SSSR count). The molecule has 2 heterocycles. The third-order valence-electron chi connectivity index (χ3n) is 9.08. The fourth-order valence-corrected chi connectivity index (χ4v) is 6.58. The van der Waals surface area contributed by atoms with Gasteiger partial charge in [0, 0.05) is 50.1 Å². The van der Waals surface area contributed by atoms with Crippen LogP contribution in [-0.2, 0) is 22.6 Å². The maximum atomic E-state index is 12.5. The van der Waals surface area contributed by atoms with Crippen LogP contribution in [0.4, 0.5) is 0 Å². The monoisotopic (exact) mass is 617 g/mol. The summed E-state index contributed by atoms with van der Waals surface area (Å²) in [7, 11) is 0. The van der Waals surface area contributed by atoms with Crippen molar-refractivity contribution in [2.45, 2.75) is 69.8 Å². The lowest BCUT2D eigenvalue weighted by Crippen LogP contribution is -2.43. The zero-order valence-electron chi connectivity index (χ0n) is 26.3. The highest BCUT2D eigenvalue weighted by atomic mass is 16.7. The first-order valence-electron chi connectivity index (χ1n) is 16.3. The zero-order chi connectivity index (χ0) is 31.7. The molecule has 46 heavy (non-hydrogen) atoms. The molecule has 7 nitrogen and oxygen atoms in total. The molecule has 0 bridgehead atoms. The Kier molecular flexibility index (Phi) is 10.7. The molecule has 3 aromatic carbocycles. The summed E-state index contributed by atoms with van der Waals surface area (Å²) < 4.78 is 13.3. The second kappa shape index (κ2) is 15.4. The van der Waals surface area contributed by atoms with Gasteiger partial charge in [0.2, 0.25) is 0 Å². The minimum absolute atomic E-state index is 0.0000501. The Hall–Kier alpha value is -4.14. The predicted octanol–water partition coefficient (Wildman–Crippen LogP) is 7.15. The summed E-state index contributed by atoms with van der Waals surface area (Å²) in [6.07, 6.45) is 10.4. The van der Waals surface area contributed by atoms with E-state index in [-0.39, 0.29) is 24.7 Å². The summed E-state index contributed by atoms with van der Waals surface area (Å²) in [6, 6.07) is 28.7. The van der Waals surface area contributed by atoms with E-state index < -0.39 is 6.29 Å². The molecule has 1 amide bonds. The number of pyridine rings is 1. The van der Waals surface area contributed by atoms with Crippen molar-refractivity contribution in [3.05, 3.63) is 138 Å².